The normalized spacial score (nSPS) is 17.7. The number of nitrogens with zero attached hydrogens (tertiary/aromatic N) is 3. The van der Waals surface area contributed by atoms with Crippen molar-refractivity contribution < 1.29 is 4.79 Å². The molecule has 2 aliphatic heterocycles. The van der Waals surface area contributed by atoms with E-state index >= 15 is 0 Å². The van der Waals surface area contributed by atoms with E-state index in [2.05, 4.69) is 35.1 Å². The van der Waals surface area contributed by atoms with E-state index in [0.29, 0.717) is 15.1 Å². The quantitative estimate of drug-likeness (QED) is 0.802. The molecule has 2 aliphatic rings. The van der Waals surface area contributed by atoms with Gasteiger partial charge in [-0.25, -0.2) is 4.98 Å². The van der Waals surface area contributed by atoms with E-state index in [9.17, 15) is 9.59 Å². The Morgan fingerprint density at radius 1 is 1.29 bits per heavy atom. The number of carbonyl (C=O) groups is 1. The first kappa shape index (κ1) is 19.3. The zero-order valence-electron chi connectivity index (χ0n) is 16.9. The Labute approximate surface area is 169 Å². The van der Waals surface area contributed by atoms with Gasteiger partial charge in [0.1, 0.15) is 10.7 Å². The first-order valence-electron chi connectivity index (χ1n) is 10.1. The number of hydrogen-bond acceptors (Lipinski definition) is 5. The van der Waals surface area contributed by atoms with Gasteiger partial charge in [0.2, 0.25) is 0 Å². The molecular formula is C21H28N4O2S. The van der Waals surface area contributed by atoms with Crippen molar-refractivity contribution in [2.24, 2.45) is 0 Å². The summed E-state index contributed by atoms with van der Waals surface area (Å²) >= 11 is 1.36. The number of fused-ring (bicyclic) bond motifs is 2. The highest BCUT2D eigenvalue weighted by Gasteiger charge is 2.25. The van der Waals surface area contributed by atoms with Gasteiger partial charge >= 0.3 is 0 Å². The summed E-state index contributed by atoms with van der Waals surface area (Å²) in [5.74, 6) is 0.794. The van der Waals surface area contributed by atoms with Gasteiger partial charge in [-0.3, -0.25) is 19.1 Å². The van der Waals surface area contributed by atoms with Crippen molar-refractivity contribution >= 4 is 27.5 Å². The van der Waals surface area contributed by atoms with E-state index in [1.54, 1.807) is 4.57 Å². The van der Waals surface area contributed by atoms with Gasteiger partial charge in [0.25, 0.3) is 11.5 Å². The van der Waals surface area contributed by atoms with Crippen LogP contribution in [0.25, 0.3) is 10.2 Å². The minimum Gasteiger partial charge on any atom is -0.349 e. The van der Waals surface area contributed by atoms with Crippen LogP contribution in [0.15, 0.2) is 16.4 Å². The molecular weight excluding hydrogens is 372 g/mol. The predicted octanol–water partition coefficient (Wildman–Crippen LogP) is 2.87. The summed E-state index contributed by atoms with van der Waals surface area (Å²) in [6.07, 6.45) is 5.98. The van der Waals surface area contributed by atoms with Gasteiger partial charge in [-0.05, 0) is 45.6 Å². The SMILES string of the molecule is CC(C)=CCN1CCC(NC(=O)c2sc3nc4n(c(=O)c3c2C)CCC4)CC1. The van der Waals surface area contributed by atoms with Crippen LogP contribution in [-0.4, -0.2) is 46.0 Å². The van der Waals surface area contributed by atoms with Crippen LogP contribution in [0, 0.1) is 6.92 Å². The topological polar surface area (TPSA) is 67.2 Å². The summed E-state index contributed by atoms with van der Waals surface area (Å²) in [5.41, 5.74) is 2.13. The average molecular weight is 401 g/mol. The third-order valence-electron chi connectivity index (χ3n) is 5.80. The van der Waals surface area contributed by atoms with Crippen LogP contribution >= 0.6 is 11.3 Å². The molecule has 150 valence electrons. The maximum absolute atomic E-state index is 12.9. The zero-order valence-corrected chi connectivity index (χ0v) is 17.7. The van der Waals surface area contributed by atoms with Crippen molar-refractivity contribution in [3.05, 3.63) is 38.3 Å². The highest BCUT2D eigenvalue weighted by molar-refractivity contribution is 7.20. The smallest absolute Gasteiger partial charge is 0.262 e. The van der Waals surface area contributed by atoms with Gasteiger partial charge in [-0.2, -0.15) is 0 Å². The number of aryl methyl sites for hydroxylation is 2. The van der Waals surface area contributed by atoms with E-state index in [0.717, 1.165) is 63.3 Å². The van der Waals surface area contributed by atoms with Crippen LogP contribution < -0.4 is 10.9 Å². The molecule has 1 amide bonds. The van der Waals surface area contributed by atoms with E-state index in [1.165, 1.54) is 16.9 Å². The maximum atomic E-state index is 12.9. The molecule has 0 atom stereocenters. The van der Waals surface area contributed by atoms with Gasteiger partial charge in [0, 0.05) is 38.6 Å². The third-order valence-corrected chi connectivity index (χ3v) is 6.98. The number of amides is 1. The summed E-state index contributed by atoms with van der Waals surface area (Å²) in [6.45, 7) is 9.83. The van der Waals surface area contributed by atoms with E-state index < -0.39 is 0 Å². The molecule has 4 rings (SSSR count). The van der Waals surface area contributed by atoms with E-state index in [4.69, 9.17) is 0 Å². The van der Waals surface area contributed by atoms with E-state index in [1.807, 2.05) is 6.92 Å². The molecule has 1 N–H and O–H groups in total. The molecule has 0 aromatic carbocycles. The lowest BCUT2D eigenvalue weighted by Crippen LogP contribution is -2.44. The second-order valence-electron chi connectivity index (χ2n) is 8.15. The fraction of sp³-hybridized carbons (Fsp3) is 0.571. The number of rotatable bonds is 4. The summed E-state index contributed by atoms with van der Waals surface area (Å²) in [6, 6.07) is 0.194. The first-order valence-corrected chi connectivity index (χ1v) is 10.9. The number of allylic oxidation sites excluding steroid dienone is 1. The Bertz CT molecular complexity index is 992. The second-order valence-corrected chi connectivity index (χ2v) is 9.15. The molecule has 0 unspecified atom stereocenters. The van der Waals surface area contributed by atoms with Crippen LogP contribution in [0.4, 0.5) is 0 Å². The largest absolute Gasteiger partial charge is 0.349 e. The van der Waals surface area contributed by atoms with Crippen molar-refractivity contribution in [1.82, 2.24) is 19.8 Å². The number of hydrogen-bond donors (Lipinski definition) is 1. The average Bonchev–Trinajstić information content (AvgIpc) is 3.26. The lowest BCUT2D eigenvalue weighted by molar-refractivity contribution is 0.0917. The fourth-order valence-electron chi connectivity index (χ4n) is 4.11. The Morgan fingerprint density at radius 3 is 2.75 bits per heavy atom. The van der Waals surface area contributed by atoms with E-state index in [-0.39, 0.29) is 17.5 Å². The van der Waals surface area contributed by atoms with Gasteiger partial charge in [0.15, 0.2) is 0 Å². The monoisotopic (exact) mass is 400 g/mol. The second kappa shape index (κ2) is 7.79. The Morgan fingerprint density at radius 2 is 2.04 bits per heavy atom. The van der Waals surface area contributed by atoms with Gasteiger partial charge in [0.05, 0.1) is 10.3 Å². The van der Waals surface area contributed by atoms with Crippen molar-refractivity contribution in [2.45, 2.75) is 59.0 Å². The number of thiophene rings is 1. The number of nitrogens with one attached hydrogen (secondary N) is 1. The van der Waals surface area contributed by atoms with Crippen molar-refractivity contribution in [3.63, 3.8) is 0 Å². The number of aromatic nitrogens is 2. The number of carbonyl (C=O) groups excluding carboxylic acids is 1. The number of likely N-dealkylation sites (tertiary alicyclic amines) is 1. The summed E-state index contributed by atoms with van der Waals surface area (Å²) < 4.78 is 1.77. The molecule has 0 spiro atoms. The fourth-order valence-corrected chi connectivity index (χ4v) is 5.21. The minimum absolute atomic E-state index is 0.0119. The molecule has 0 aliphatic carbocycles. The molecule has 7 heteroatoms. The van der Waals surface area contributed by atoms with Crippen LogP contribution in [0.2, 0.25) is 0 Å². The summed E-state index contributed by atoms with van der Waals surface area (Å²) in [4.78, 5) is 34.1. The molecule has 28 heavy (non-hydrogen) atoms. The molecule has 6 nitrogen and oxygen atoms in total. The Kier molecular flexibility index (Phi) is 5.38. The molecule has 1 saturated heterocycles. The van der Waals surface area contributed by atoms with Gasteiger partial charge in [-0.15, -0.1) is 11.3 Å². The van der Waals surface area contributed by atoms with Crippen LogP contribution in [0.1, 0.15) is 54.2 Å². The van der Waals surface area contributed by atoms with Gasteiger partial charge < -0.3 is 5.32 Å². The highest BCUT2D eigenvalue weighted by atomic mass is 32.1. The first-order chi connectivity index (χ1) is 13.4. The predicted molar refractivity (Wildman–Crippen MR) is 113 cm³/mol. The van der Waals surface area contributed by atoms with Crippen LogP contribution in [0.3, 0.4) is 0 Å². The lowest BCUT2D eigenvalue weighted by Gasteiger charge is -2.31. The zero-order chi connectivity index (χ0) is 19.8. The van der Waals surface area contributed by atoms with Crippen molar-refractivity contribution in [3.8, 4) is 0 Å². The molecule has 4 heterocycles. The Balaban J connectivity index is 1.47. The third kappa shape index (κ3) is 3.65. The molecule has 2 aromatic heterocycles. The Hall–Kier alpha value is -1.99. The minimum atomic E-state index is -0.0622. The summed E-state index contributed by atoms with van der Waals surface area (Å²) in [5, 5.41) is 3.81. The number of piperidine rings is 1. The van der Waals surface area contributed by atoms with Crippen molar-refractivity contribution in [1.29, 1.82) is 0 Å². The van der Waals surface area contributed by atoms with Crippen LogP contribution in [-0.2, 0) is 13.0 Å². The molecule has 0 radical (unpaired) electrons. The molecule has 0 bridgehead atoms. The lowest BCUT2D eigenvalue weighted by atomic mass is 10.0. The van der Waals surface area contributed by atoms with Crippen LogP contribution in [0.5, 0.6) is 0 Å². The van der Waals surface area contributed by atoms with Crippen molar-refractivity contribution in [2.75, 3.05) is 19.6 Å². The molecule has 0 saturated carbocycles. The summed E-state index contributed by atoms with van der Waals surface area (Å²) in [7, 11) is 0. The molecule has 2 aromatic rings. The highest BCUT2D eigenvalue weighted by Crippen LogP contribution is 2.29. The standard InChI is InChI=1S/C21H28N4O2S/c1-13(2)6-10-24-11-7-15(8-12-24)22-19(26)18-14(3)17-20(28-18)23-16-5-4-9-25(16)21(17)27/h6,15H,4-5,7-12H2,1-3H3,(H,22,26). The maximum Gasteiger partial charge on any atom is 0.262 e. The van der Waals surface area contributed by atoms with Gasteiger partial charge in [-0.1, -0.05) is 11.6 Å². The molecule has 1 fully saturated rings.